The lowest BCUT2D eigenvalue weighted by molar-refractivity contribution is -0.119. The van der Waals surface area contributed by atoms with Gasteiger partial charge >= 0.3 is 6.01 Å². The van der Waals surface area contributed by atoms with Gasteiger partial charge in [-0.2, -0.15) is 4.31 Å². The molecule has 0 spiro atoms. The molecule has 2 aliphatic rings. The topological polar surface area (TPSA) is 126 Å². The third-order valence-electron chi connectivity index (χ3n) is 5.78. The van der Waals surface area contributed by atoms with Crippen LogP contribution in [0.25, 0.3) is 0 Å². The summed E-state index contributed by atoms with van der Waals surface area (Å²) in [6.07, 6.45) is 1.21. The Hall–Kier alpha value is -3.09. The highest BCUT2D eigenvalue weighted by Crippen LogP contribution is 2.32. The largest absolute Gasteiger partial charge is 0.407 e. The first kappa shape index (κ1) is 21.7. The summed E-state index contributed by atoms with van der Waals surface area (Å²) in [6.45, 7) is 0.667. The number of rotatable bonds is 6. The van der Waals surface area contributed by atoms with Crippen molar-refractivity contribution in [2.75, 3.05) is 23.3 Å². The van der Waals surface area contributed by atoms with E-state index in [-0.39, 0.29) is 40.9 Å². The van der Waals surface area contributed by atoms with Crippen molar-refractivity contribution in [2.24, 2.45) is 0 Å². The zero-order valence-electron chi connectivity index (χ0n) is 17.5. The molecular weight excluding hydrogens is 466 g/mol. The molecule has 10 nitrogen and oxygen atoms in total. The molecule has 2 atom stereocenters. The van der Waals surface area contributed by atoms with Crippen molar-refractivity contribution in [3.05, 3.63) is 53.7 Å². The van der Waals surface area contributed by atoms with Gasteiger partial charge in [-0.3, -0.25) is 14.9 Å². The number of benzene rings is 1. The van der Waals surface area contributed by atoms with Crippen LogP contribution in [-0.2, 0) is 19.6 Å². The van der Waals surface area contributed by atoms with Gasteiger partial charge in [0.25, 0.3) is 10.0 Å². The molecule has 0 radical (unpaired) electrons. The molecular formula is C21H21N5O5S2. The molecule has 2 saturated heterocycles. The molecule has 0 bridgehead atoms. The van der Waals surface area contributed by atoms with E-state index in [1.807, 2.05) is 30.3 Å². The van der Waals surface area contributed by atoms with Gasteiger partial charge in [-0.1, -0.05) is 29.4 Å². The van der Waals surface area contributed by atoms with Gasteiger partial charge < -0.3 is 9.32 Å². The number of amides is 2. The second-order valence-electron chi connectivity index (χ2n) is 7.88. The summed E-state index contributed by atoms with van der Waals surface area (Å²) >= 11 is 1.12. The lowest BCUT2D eigenvalue weighted by atomic mass is 10.1. The molecule has 1 N–H and O–H groups in total. The average molecular weight is 488 g/mol. The van der Waals surface area contributed by atoms with Gasteiger partial charge in [-0.25, -0.2) is 8.42 Å². The van der Waals surface area contributed by atoms with Crippen LogP contribution in [0.3, 0.4) is 0 Å². The fourth-order valence-electron chi connectivity index (χ4n) is 4.18. The van der Waals surface area contributed by atoms with Crippen molar-refractivity contribution in [2.45, 2.75) is 35.4 Å². The predicted molar refractivity (Wildman–Crippen MR) is 120 cm³/mol. The van der Waals surface area contributed by atoms with Crippen LogP contribution in [0.5, 0.6) is 0 Å². The van der Waals surface area contributed by atoms with E-state index in [1.54, 1.807) is 16.3 Å². The maximum absolute atomic E-state index is 12.9. The molecule has 5 rings (SSSR count). The Morgan fingerprint density at radius 1 is 1.15 bits per heavy atom. The smallest absolute Gasteiger partial charge is 0.322 e. The molecule has 4 heterocycles. The number of carbonyl (C=O) groups excluding carboxylic acids is 2. The minimum Gasteiger partial charge on any atom is -0.407 e. The Morgan fingerprint density at radius 2 is 1.97 bits per heavy atom. The summed E-state index contributed by atoms with van der Waals surface area (Å²) in [5.41, 5.74) is 0.798. The summed E-state index contributed by atoms with van der Waals surface area (Å²) in [6, 6.07) is 11.5. The molecule has 172 valence electrons. The third-order valence-corrected chi connectivity index (χ3v) is 9.06. The second kappa shape index (κ2) is 8.69. The summed E-state index contributed by atoms with van der Waals surface area (Å²) in [5.74, 6) is -0.601. The maximum Gasteiger partial charge on any atom is 0.322 e. The van der Waals surface area contributed by atoms with E-state index >= 15 is 0 Å². The van der Waals surface area contributed by atoms with Crippen molar-refractivity contribution < 1.29 is 22.4 Å². The lowest BCUT2D eigenvalue weighted by Gasteiger charge is -2.21. The van der Waals surface area contributed by atoms with Gasteiger partial charge in [0.05, 0.1) is 5.92 Å². The molecule has 2 unspecified atom stereocenters. The standard InChI is InChI=1S/C21H21N5O5S2/c27-17-12-14(13-25(17)15-6-2-1-3-7-15)20-23-24-21(31-20)22-19(28)16-8-4-10-26(16)33(29,30)18-9-5-11-32-18/h1-3,5-7,9,11,14,16H,4,8,10,12-13H2,(H,22,24,28). The first-order valence-corrected chi connectivity index (χ1v) is 12.8. The number of nitrogens with one attached hydrogen (secondary N) is 1. The number of aromatic nitrogens is 2. The van der Waals surface area contributed by atoms with Gasteiger partial charge in [-0.15, -0.1) is 16.4 Å². The highest BCUT2D eigenvalue weighted by molar-refractivity contribution is 7.91. The number of nitrogens with zero attached hydrogens (tertiary/aromatic N) is 4. The van der Waals surface area contributed by atoms with Crippen LogP contribution in [0.4, 0.5) is 11.7 Å². The van der Waals surface area contributed by atoms with Crippen molar-refractivity contribution in [1.82, 2.24) is 14.5 Å². The fraction of sp³-hybridized carbons (Fsp3) is 0.333. The van der Waals surface area contributed by atoms with Crippen molar-refractivity contribution in [3.8, 4) is 0 Å². The van der Waals surface area contributed by atoms with Crippen LogP contribution in [0.2, 0.25) is 0 Å². The van der Waals surface area contributed by atoms with Crippen LogP contribution < -0.4 is 10.2 Å². The molecule has 12 heteroatoms. The van der Waals surface area contributed by atoms with Gasteiger partial charge in [0.15, 0.2) is 0 Å². The van der Waals surface area contributed by atoms with E-state index in [1.165, 1.54) is 10.4 Å². The third kappa shape index (κ3) is 4.16. The Labute approximate surface area is 194 Å². The number of hydrogen-bond acceptors (Lipinski definition) is 8. The van der Waals surface area contributed by atoms with Crippen LogP contribution in [-0.4, -0.2) is 53.9 Å². The minimum atomic E-state index is -3.75. The summed E-state index contributed by atoms with van der Waals surface area (Å²) in [4.78, 5) is 27.0. The SMILES string of the molecule is O=C(Nc1nnc(C2CC(=O)N(c3ccccc3)C2)o1)C1CCCN1S(=O)(=O)c1cccs1. The Balaban J connectivity index is 1.26. The molecule has 2 aliphatic heterocycles. The molecule has 3 aromatic rings. The molecule has 0 saturated carbocycles. The monoisotopic (exact) mass is 487 g/mol. The summed E-state index contributed by atoms with van der Waals surface area (Å²) in [7, 11) is -3.75. The Bertz CT molecular complexity index is 1260. The molecule has 2 aromatic heterocycles. The molecule has 0 aliphatic carbocycles. The van der Waals surface area contributed by atoms with Crippen LogP contribution in [0.1, 0.15) is 31.1 Å². The van der Waals surface area contributed by atoms with Gasteiger partial charge in [0.1, 0.15) is 10.3 Å². The maximum atomic E-state index is 12.9. The Kier molecular flexibility index (Phi) is 5.72. The normalized spacial score (nSPS) is 21.6. The number of carbonyl (C=O) groups is 2. The first-order chi connectivity index (χ1) is 15.9. The number of sulfonamides is 1. The molecule has 33 heavy (non-hydrogen) atoms. The zero-order chi connectivity index (χ0) is 23.0. The van der Waals surface area contributed by atoms with Crippen LogP contribution in [0.15, 0.2) is 56.5 Å². The number of para-hydroxylation sites is 1. The second-order valence-corrected chi connectivity index (χ2v) is 10.9. The van der Waals surface area contributed by atoms with Crippen LogP contribution >= 0.6 is 11.3 Å². The molecule has 2 amide bonds. The number of anilines is 2. The number of thiophene rings is 1. The highest BCUT2D eigenvalue weighted by atomic mass is 32.2. The summed E-state index contributed by atoms with van der Waals surface area (Å²) < 4.78 is 32.8. The Morgan fingerprint density at radius 3 is 2.73 bits per heavy atom. The minimum absolute atomic E-state index is 0.0460. The van der Waals surface area contributed by atoms with Crippen molar-refractivity contribution in [3.63, 3.8) is 0 Å². The number of hydrogen-bond donors (Lipinski definition) is 1. The molecule has 2 fully saturated rings. The van der Waals surface area contributed by atoms with E-state index in [9.17, 15) is 18.0 Å². The highest BCUT2D eigenvalue weighted by Gasteiger charge is 2.40. The van der Waals surface area contributed by atoms with E-state index in [2.05, 4.69) is 15.5 Å². The van der Waals surface area contributed by atoms with Crippen molar-refractivity contribution in [1.29, 1.82) is 0 Å². The first-order valence-electron chi connectivity index (χ1n) is 10.5. The van der Waals surface area contributed by atoms with E-state index in [0.29, 0.717) is 19.4 Å². The van der Waals surface area contributed by atoms with Crippen LogP contribution in [0, 0.1) is 0 Å². The van der Waals surface area contributed by atoms with E-state index in [0.717, 1.165) is 17.0 Å². The van der Waals surface area contributed by atoms with E-state index in [4.69, 9.17) is 4.42 Å². The van der Waals surface area contributed by atoms with Crippen molar-refractivity contribution >= 4 is 44.9 Å². The van der Waals surface area contributed by atoms with Gasteiger partial charge in [0, 0.05) is 25.2 Å². The summed E-state index contributed by atoms with van der Waals surface area (Å²) in [5, 5.41) is 12.1. The lowest BCUT2D eigenvalue weighted by Crippen LogP contribution is -2.42. The van der Waals surface area contributed by atoms with Gasteiger partial charge in [0.2, 0.25) is 17.7 Å². The molecule has 1 aromatic carbocycles. The van der Waals surface area contributed by atoms with Gasteiger partial charge in [-0.05, 0) is 36.4 Å². The average Bonchev–Trinajstić information content (AvgIpc) is 3.61. The quantitative estimate of drug-likeness (QED) is 0.566. The van der Waals surface area contributed by atoms with E-state index < -0.39 is 22.0 Å². The predicted octanol–water partition coefficient (Wildman–Crippen LogP) is 2.44. The zero-order valence-corrected chi connectivity index (χ0v) is 19.1. The fourth-order valence-corrected chi connectivity index (χ4v) is 6.96.